The Balaban J connectivity index is 2.02. The number of carbonyl (C=O) groups is 1. The molecule has 1 aromatic heterocycles. The maximum Gasteiger partial charge on any atom is 0.228 e. The Morgan fingerprint density at radius 3 is 3.00 bits per heavy atom. The molecule has 3 nitrogen and oxygen atoms in total. The number of nitrogens with zero attached hydrogens (tertiary/aromatic N) is 1. The molecule has 1 aliphatic rings. The number of hydrogen-bond donors (Lipinski definition) is 1. The molecule has 1 aliphatic heterocycles. The average molecular weight is 232 g/mol. The van der Waals surface area contributed by atoms with Gasteiger partial charge in [-0.1, -0.05) is 0 Å². The van der Waals surface area contributed by atoms with Crippen molar-refractivity contribution in [1.29, 1.82) is 0 Å². The van der Waals surface area contributed by atoms with Gasteiger partial charge in [0.2, 0.25) is 5.91 Å². The maximum atomic E-state index is 11.7. The number of anilines is 1. The summed E-state index contributed by atoms with van der Waals surface area (Å²) in [6.45, 7) is 0.633. The Labute approximate surface area is 97.5 Å². The quantitative estimate of drug-likeness (QED) is 0.817. The average Bonchev–Trinajstić information content (AvgIpc) is 2.83. The number of fused-ring (bicyclic) bond motifs is 1. The number of carbonyl (C=O) groups excluding carboxylic acids is 1. The molecule has 0 bridgehead atoms. The topological polar surface area (TPSA) is 46.3 Å². The van der Waals surface area contributed by atoms with E-state index in [1.165, 1.54) is 10.1 Å². The zero-order valence-electron chi connectivity index (χ0n) is 8.72. The van der Waals surface area contributed by atoms with Gasteiger partial charge >= 0.3 is 0 Å². The van der Waals surface area contributed by atoms with Crippen molar-refractivity contribution in [3.8, 4) is 0 Å². The highest BCUT2D eigenvalue weighted by Gasteiger charge is 2.27. The fourth-order valence-electron chi connectivity index (χ4n) is 2.11. The van der Waals surface area contributed by atoms with Gasteiger partial charge in [-0.2, -0.15) is 0 Å². The minimum Gasteiger partial charge on any atom is -0.326 e. The van der Waals surface area contributed by atoms with Crippen LogP contribution >= 0.6 is 11.3 Å². The monoisotopic (exact) mass is 232 g/mol. The number of hydrogen-bond acceptors (Lipinski definition) is 3. The SMILES string of the molecule is NC1CC(=O)N(c2ccc3sccc3c2)C1. The third-order valence-electron chi connectivity index (χ3n) is 2.90. The second kappa shape index (κ2) is 3.57. The highest BCUT2D eigenvalue weighted by atomic mass is 32.1. The van der Waals surface area contributed by atoms with E-state index >= 15 is 0 Å². The van der Waals surface area contributed by atoms with Crippen molar-refractivity contribution in [2.24, 2.45) is 5.73 Å². The fraction of sp³-hybridized carbons (Fsp3) is 0.250. The molecule has 3 rings (SSSR count). The molecular weight excluding hydrogens is 220 g/mol. The van der Waals surface area contributed by atoms with E-state index in [9.17, 15) is 4.79 Å². The van der Waals surface area contributed by atoms with Crippen LogP contribution in [0.3, 0.4) is 0 Å². The minimum atomic E-state index is -0.0225. The van der Waals surface area contributed by atoms with E-state index in [0.717, 1.165) is 5.69 Å². The van der Waals surface area contributed by atoms with Crippen LogP contribution < -0.4 is 10.6 Å². The molecule has 1 atom stereocenters. The number of rotatable bonds is 1. The number of benzene rings is 1. The summed E-state index contributed by atoms with van der Waals surface area (Å²) < 4.78 is 1.25. The van der Waals surface area contributed by atoms with Crippen LogP contribution in [0.1, 0.15) is 6.42 Å². The fourth-order valence-corrected chi connectivity index (χ4v) is 2.88. The van der Waals surface area contributed by atoms with E-state index < -0.39 is 0 Å². The van der Waals surface area contributed by atoms with Crippen molar-refractivity contribution in [3.05, 3.63) is 29.6 Å². The lowest BCUT2D eigenvalue weighted by atomic mass is 10.2. The smallest absolute Gasteiger partial charge is 0.228 e. The Morgan fingerprint density at radius 1 is 1.38 bits per heavy atom. The third-order valence-corrected chi connectivity index (χ3v) is 3.80. The summed E-state index contributed by atoms with van der Waals surface area (Å²) in [6, 6.07) is 8.16. The Hall–Kier alpha value is -1.39. The van der Waals surface area contributed by atoms with E-state index in [2.05, 4.69) is 23.6 Å². The van der Waals surface area contributed by atoms with Gasteiger partial charge in [-0.05, 0) is 35.0 Å². The molecule has 1 aromatic carbocycles. The van der Waals surface area contributed by atoms with Crippen LogP contribution in [-0.4, -0.2) is 18.5 Å². The first-order valence-corrected chi connectivity index (χ1v) is 6.15. The summed E-state index contributed by atoms with van der Waals surface area (Å²) in [5.74, 6) is 0.127. The van der Waals surface area contributed by atoms with Crippen LogP contribution in [0.4, 0.5) is 5.69 Å². The maximum absolute atomic E-state index is 11.7. The van der Waals surface area contributed by atoms with Crippen molar-refractivity contribution < 1.29 is 4.79 Å². The van der Waals surface area contributed by atoms with E-state index in [1.807, 2.05) is 6.07 Å². The third kappa shape index (κ3) is 1.50. The summed E-state index contributed by atoms with van der Waals surface area (Å²) in [5.41, 5.74) is 6.75. The predicted octanol–water partition coefficient (Wildman–Crippen LogP) is 1.97. The van der Waals surface area contributed by atoms with Crippen LogP contribution in [-0.2, 0) is 4.79 Å². The first-order valence-electron chi connectivity index (χ1n) is 5.27. The van der Waals surface area contributed by atoms with Gasteiger partial charge in [-0.25, -0.2) is 0 Å². The molecule has 0 radical (unpaired) electrons. The Bertz CT molecular complexity index is 549. The van der Waals surface area contributed by atoms with Crippen LogP contribution in [0.2, 0.25) is 0 Å². The molecule has 0 spiro atoms. The molecule has 1 saturated heterocycles. The molecule has 2 N–H and O–H groups in total. The molecule has 0 aliphatic carbocycles. The van der Waals surface area contributed by atoms with Crippen LogP contribution in [0.25, 0.3) is 10.1 Å². The van der Waals surface area contributed by atoms with Crippen LogP contribution in [0.15, 0.2) is 29.6 Å². The minimum absolute atomic E-state index is 0.0225. The highest BCUT2D eigenvalue weighted by Crippen LogP contribution is 2.28. The van der Waals surface area contributed by atoms with Crippen LogP contribution in [0, 0.1) is 0 Å². The van der Waals surface area contributed by atoms with Crippen molar-refractivity contribution in [2.45, 2.75) is 12.5 Å². The van der Waals surface area contributed by atoms with Gasteiger partial charge in [0.15, 0.2) is 0 Å². The summed E-state index contributed by atoms with van der Waals surface area (Å²) in [4.78, 5) is 13.5. The van der Waals surface area contributed by atoms with E-state index in [1.54, 1.807) is 16.2 Å². The number of nitrogens with two attached hydrogens (primary N) is 1. The van der Waals surface area contributed by atoms with Gasteiger partial charge in [0, 0.05) is 29.4 Å². The molecule has 1 amide bonds. The highest BCUT2D eigenvalue weighted by molar-refractivity contribution is 7.17. The number of amides is 1. The molecule has 1 unspecified atom stereocenters. The van der Waals surface area contributed by atoms with Crippen molar-refractivity contribution in [3.63, 3.8) is 0 Å². The van der Waals surface area contributed by atoms with Crippen molar-refractivity contribution in [1.82, 2.24) is 0 Å². The lowest BCUT2D eigenvalue weighted by molar-refractivity contribution is -0.117. The summed E-state index contributed by atoms with van der Waals surface area (Å²) >= 11 is 1.71. The molecule has 2 aromatic rings. The predicted molar refractivity (Wildman–Crippen MR) is 66.8 cm³/mol. The first kappa shape index (κ1) is 9.81. The van der Waals surface area contributed by atoms with Gasteiger partial charge in [0.05, 0.1) is 0 Å². The van der Waals surface area contributed by atoms with E-state index in [4.69, 9.17) is 5.73 Å². The largest absolute Gasteiger partial charge is 0.326 e. The van der Waals surface area contributed by atoms with E-state index in [-0.39, 0.29) is 11.9 Å². The number of thiophene rings is 1. The molecule has 2 heterocycles. The van der Waals surface area contributed by atoms with Gasteiger partial charge in [0.25, 0.3) is 0 Å². The van der Waals surface area contributed by atoms with E-state index in [0.29, 0.717) is 13.0 Å². The van der Waals surface area contributed by atoms with Crippen molar-refractivity contribution in [2.75, 3.05) is 11.4 Å². The second-order valence-corrected chi connectivity index (χ2v) is 5.06. The van der Waals surface area contributed by atoms with Gasteiger partial charge in [-0.15, -0.1) is 11.3 Å². The molecule has 82 valence electrons. The summed E-state index contributed by atoms with van der Waals surface area (Å²) in [7, 11) is 0. The summed E-state index contributed by atoms with van der Waals surface area (Å²) in [6.07, 6.45) is 0.460. The molecule has 0 saturated carbocycles. The molecule has 4 heteroatoms. The first-order chi connectivity index (χ1) is 7.74. The van der Waals surface area contributed by atoms with Crippen molar-refractivity contribution >= 4 is 33.0 Å². The second-order valence-electron chi connectivity index (χ2n) is 4.11. The van der Waals surface area contributed by atoms with Gasteiger partial charge in [0.1, 0.15) is 0 Å². The molecule has 16 heavy (non-hydrogen) atoms. The van der Waals surface area contributed by atoms with Gasteiger partial charge in [-0.3, -0.25) is 4.79 Å². The zero-order valence-corrected chi connectivity index (χ0v) is 9.54. The molecular formula is C12H12N2OS. The normalized spacial score (nSPS) is 20.9. The standard InChI is InChI=1S/C12H12N2OS/c13-9-6-12(15)14(7-9)10-1-2-11-8(5-10)3-4-16-11/h1-5,9H,6-7,13H2. The Kier molecular flexibility index (Phi) is 2.19. The Morgan fingerprint density at radius 2 is 2.25 bits per heavy atom. The van der Waals surface area contributed by atoms with Crippen LogP contribution in [0.5, 0.6) is 0 Å². The lowest BCUT2D eigenvalue weighted by Crippen LogP contribution is -2.27. The lowest BCUT2D eigenvalue weighted by Gasteiger charge is -2.15. The zero-order chi connectivity index (χ0) is 11.1. The summed E-state index contributed by atoms with van der Waals surface area (Å²) in [5, 5.41) is 3.25. The van der Waals surface area contributed by atoms with Gasteiger partial charge < -0.3 is 10.6 Å². The molecule has 1 fully saturated rings.